The molecule has 0 atom stereocenters. The molecule has 4 aromatic heterocycles. The van der Waals surface area contributed by atoms with Crippen molar-refractivity contribution in [1.29, 1.82) is 0 Å². The summed E-state index contributed by atoms with van der Waals surface area (Å²) in [6.07, 6.45) is 9.44. The maximum absolute atomic E-state index is 4.86. The van der Waals surface area contributed by atoms with Crippen molar-refractivity contribution < 1.29 is 0 Å². The number of benzene rings is 2. The van der Waals surface area contributed by atoms with E-state index < -0.39 is 0 Å². The minimum absolute atomic E-state index is 0.707. The molecule has 0 fully saturated rings. The lowest BCUT2D eigenvalue weighted by molar-refractivity contribution is 1.12. The Bertz CT molecular complexity index is 1450. The molecule has 0 amide bonds. The Morgan fingerprint density at radius 1 is 0.964 bits per heavy atom. The summed E-state index contributed by atoms with van der Waals surface area (Å²) in [5, 5.41) is 12.8. The van der Waals surface area contributed by atoms with Crippen molar-refractivity contribution in [2.24, 2.45) is 0 Å². The minimum Gasteiger partial charge on any atom is -0.361 e. The largest absolute Gasteiger partial charge is 0.361 e. The predicted molar refractivity (Wildman–Crippen MR) is 110 cm³/mol. The number of H-pyrrole nitrogens is 2. The van der Waals surface area contributed by atoms with Gasteiger partial charge in [0.15, 0.2) is 11.5 Å². The van der Waals surface area contributed by atoms with Gasteiger partial charge < -0.3 is 14.7 Å². The Balaban J connectivity index is 1.48. The van der Waals surface area contributed by atoms with Crippen LogP contribution in [-0.4, -0.2) is 29.5 Å². The highest BCUT2D eigenvalue weighted by Gasteiger charge is 2.11. The van der Waals surface area contributed by atoms with E-state index in [0.717, 1.165) is 39.0 Å². The molecule has 4 heterocycles. The zero-order chi connectivity index (χ0) is 18.5. The molecule has 6 aromatic rings. The molecule has 0 aliphatic rings. The van der Waals surface area contributed by atoms with Crippen molar-refractivity contribution in [3.63, 3.8) is 0 Å². The van der Waals surface area contributed by atoms with Gasteiger partial charge in [-0.1, -0.05) is 18.2 Å². The van der Waals surface area contributed by atoms with Crippen LogP contribution in [0, 0.1) is 0 Å². The summed E-state index contributed by atoms with van der Waals surface area (Å²) < 4.78 is 1.98. The average Bonchev–Trinajstić information content (AvgIpc) is 3.46. The quantitative estimate of drug-likeness (QED) is 0.431. The van der Waals surface area contributed by atoms with Gasteiger partial charge in [-0.05, 0) is 29.7 Å². The van der Waals surface area contributed by atoms with Crippen molar-refractivity contribution in [1.82, 2.24) is 29.5 Å². The molecule has 0 unspecified atom stereocenters. The van der Waals surface area contributed by atoms with Crippen LogP contribution in [0.4, 0.5) is 11.5 Å². The number of aromatic amines is 2. The molecule has 0 aliphatic heterocycles. The molecule has 0 radical (unpaired) electrons. The average molecular weight is 365 g/mol. The summed E-state index contributed by atoms with van der Waals surface area (Å²) in [6.45, 7) is 0. The van der Waals surface area contributed by atoms with Crippen LogP contribution in [0.25, 0.3) is 38.7 Å². The monoisotopic (exact) mass is 365 g/mol. The maximum Gasteiger partial charge on any atom is 0.180 e. The van der Waals surface area contributed by atoms with Crippen LogP contribution < -0.4 is 5.32 Å². The number of rotatable bonds is 3. The van der Waals surface area contributed by atoms with Crippen molar-refractivity contribution in [3.05, 3.63) is 73.4 Å². The second-order valence-corrected chi connectivity index (χ2v) is 6.71. The van der Waals surface area contributed by atoms with Gasteiger partial charge in [-0.3, -0.25) is 5.10 Å². The normalized spacial score (nSPS) is 11.6. The van der Waals surface area contributed by atoms with E-state index in [1.165, 1.54) is 5.39 Å². The van der Waals surface area contributed by atoms with Crippen molar-refractivity contribution in [2.75, 3.05) is 5.32 Å². The molecule has 0 saturated heterocycles. The van der Waals surface area contributed by atoms with Gasteiger partial charge in [-0.2, -0.15) is 5.10 Å². The smallest absolute Gasteiger partial charge is 0.180 e. The summed E-state index contributed by atoms with van der Waals surface area (Å²) >= 11 is 0. The molecule has 134 valence electrons. The number of nitrogens with zero attached hydrogens (tertiary/aromatic N) is 4. The first-order valence-electron chi connectivity index (χ1n) is 8.95. The Morgan fingerprint density at radius 2 is 1.93 bits per heavy atom. The van der Waals surface area contributed by atoms with E-state index in [-0.39, 0.29) is 0 Å². The maximum atomic E-state index is 4.86. The number of fused-ring (bicyclic) bond motifs is 3. The predicted octanol–water partition coefficient (Wildman–Crippen LogP) is 4.50. The summed E-state index contributed by atoms with van der Waals surface area (Å²) in [6, 6.07) is 14.4. The zero-order valence-corrected chi connectivity index (χ0v) is 14.7. The minimum atomic E-state index is 0.707. The van der Waals surface area contributed by atoms with E-state index in [1.807, 2.05) is 41.3 Å². The van der Waals surface area contributed by atoms with Crippen molar-refractivity contribution in [2.45, 2.75) is 0 Å². The molecular weight excluding hydrogens is 350 g/mol. The standard InChI is InChI=1S/C21H15N7/c1-2-15-11-24-27-18(15)9-14(1)19-12-28-8-7-23-21(28)20(26-19)25-16-4-3-13-5-6-22-17(13)10-16/h1-12,22H,(H,24,27)(H,25,26). The van der Waals surface area contributed by atoms with E-state index in [9.17, 15) is 0 Å². The van der Waals surface area contributed by atoms with Crippen LogP contribution in [0.15, 0.2) is 73.4 Å². The second-order valence-electron chi connectivity index (χ2n) is 6.71. The Labute approximate surface area is 159 Å². The topological polar surface area (TPSA) is 86.7 Å². The number of imidazole rings is 1. The van der Waals surface area contributed by atoms with E-state index in [1.54, 1.807) is 6.20 Å². The lowest BCUT2D eigenvalue weighted by atomic mass is 10.1. The van der Waals surface area contributed by atoms with Gasteiger partial charge in [0, 0.05) is 46.9 Å². The zero-order valence-electron chi connectivity index (χ0n) is 14.7. The number of aromatic nitrogens is 6. The third kappa shape index (κ3) is 2.34. The third-order valence-electron chi connectivity index (χ3n) is 4.93. The first kappa shape index (κ1) is 15.0. The van der Waals surface area contributed by atoms with Gasteiger partial charge in [0.2, 0.25) is 0 Å². The van der Waals surface area contributed by atoms with Crippen molar-refractivity contribution >= 4 is 39.0 Å². The Morgan fingerprint density at radius 3 is 2.93 bits per heavy atom. The first-order valence-corrected chi connectivity index (χ1v) is 8.95. The lowest BCUT2D eigenvalue weighted by Crippen LogP contribution is -2.00. The van der Waals surface area contributed by atoms with Gasteiger partial charge in [0.05, 0.1) is 17.4 Å². The molecule has 6 rings (SSSR count). The van der Waals surface area contributed by atoms with Gasteiger partial charge in [0.1, 0.15) is 0 Å². The molecule has 0 aliphatic carbocycles. The van der Waals surface area contributed by atoms with Crippen LogP contribution in [0.3, 0.4) is 0 Å². The summed E-state index contributed by atoms with van der Waals surface area (Å²) in [5.74, 6) is 0.707. The first-order chi connectivity index (χ1) is 13.8. The highest BCUT2D eigenvalue weighted by molar-refractivity contribution is 5.86. The van der Waals surface area contributed by atoms with E-state index in [4.69, 9.17) is 4.98 Å². The highest BCUT2D eigenvalue weighted by atomic mass is 15.1. The van der Waals surface area contributed by atoms with Crippen LogP contribution in [0.2, 0.25) is 0 Å². The molecule has 28 heavy (non-hydrogen) atoms. The number of anilines is 2. The fourth-order valence-electron chi connectivity index (χ4n) is 3.51. The van der Waals surface area contributed by atoms with Gasteiger partial charge in [-0.15, -0.1) is 0 Å². The lowest BCUT2D eigenvalue weighted by Gasteiger charge is -2.10. The number of hydrogen-bond acceptors (Lipinski definition) is 4. The molecule has 0 spiro atoms. The number of nitrogens with one attached hydrogen (secondary N) is 3. The fourth-order valence-corrected chi connectivity index (χ4v) is 3.51. The van der Waals surface area contributed by atoms with E-state index in [0.29, 0.717) is 5.82 Å². The molecule has 0 saturated carbocycles. The van der Waals surface area contributed by atoms with E-state index >= 15 is 0 Å². The van der Waals surface area contributed by atoms with Gasteiger partial charge in [-0.25, -0.2) is 9.97 Å². The summed E-state index contributed by atoms with van der Waals surface area (Å²) in [7, 11) is 0. The highest BCUT2D eigenvalue weighted by Crippen LogP contribution is 2.27. The molecule has 7 heteroatoms. The molecule has 7 nitrogen and oxygen atoms in total. The van der Waals surface area contributed by atoms with E-state index in [2.05, 4.69) is 55.8 Å². The molecule has 2 aromatic carbocycles. The second kappa shape index (κ2) is 5.68. The molecule has 3 N–H and O–H groups in total. The van der Waals surface area contributed by atoms with Crippen LogP contribution in [-0.2, 0) is 0 Å². The van der Waals surface area contributed by atoms with Gasteiger partial charge >= 0.3 is 0 Å². The summed E-state index contributed by atoms with van der Waals surface area (Å²) in [4.78, 5) is 12.6. The van der Waals surface area contributed by atoms with Crippen molar-refractivity contribution in [3.8, 4) is 11.3 Å². The SMILES string of the molecule is c1cn2cc(-c3ccc4cn[nH]c4c3)nc(Nc3ccc4cc[nH]c4c3)c2n1. The fraction of sp³-hybridized carbons (Fsp3) is 0. The molecular formula is C21H15N7. The van der Waals surface area contributed by atoms with Crippen LogP contribution in [0.5, 0.6) is 0 Å². The van der Waals surface area contributed by atoms with Crippen LogP contribution >= 0.6 is 0 Å². The molecule has 0 bridgehead atoms. The van der Waals surface area contributed by atoms with Gasteiger partial charge in [0.25, 0.3) is 0 Å². The Hall–Kier alpha value is -4.13. The Kier molecular flexibility index (Phi) is 3.04. The third-order valence-corrected chi connectivity index (χ3v) is 4.93. The van der Waals surface area contributed by atoms with Crippen LogP contribution in [0.1, 0.15) is 0 Å². The summed E-state index contributed by atoms with van der Waals surface area (Å²) in [5.41, 5.74) is 5.65. The number of hydrogen-bond donors (Lipinski definition) is 3.